The molecule has 3 rings (SSSR count). The lowest BCUT2D eigenvalue weighted by Crippen LogP contribution is -2.02. The third-order valence-corrected chi connectivity index (χ3v) is 4.11. The van der Waals surface area contributed by atoms with Gasteiger partial charge in [0, 0.05) is 16.7 Å². The van der Waals surface area contributed by atoms with E-state index in [4.69, 9.17) is 0 Å². The van der Waals surface area contributed by atoms with E-state index in [1.165, 1.54) is 22.0 Å². The third-order valence-electron chi connectivity index (χ3n) is 3.62. The van der Waals surface area contributed by atoms with Crippen LogP contribution in [0.2, 0.25) is 0 Å². The Hall–Kier alpha value is -1.80. The molecule has 106 valence electrons. The molecule has 0 heterocycles. The molecule has 0 fully saturated rings. The molecule has 0 saturated carbocycles. The van der Waals surface area contributed by atoms with Crippen LogP contribution in [-0.2, 0) is 6.42 Å². The average molecular weight is 340 g/mol. The Morgan fingerprint density at radius 2 is 1.57 bits per heavy atom. The van der Waals surface area contributed by atoms with E-state index in [9.17, 15) is 0 Å². The normalized spacial score (nSPS) is 10.7. The van der Waals surface area contributed by atoms with Crippen LogP contribution in [0.4, 0.5) is 5.69 Å². The predicted octanol–water partition coefficient (Wildman–Crippen LogP) is 5.65. The molecule has 0 aliphatic heterocycles. The van der Waals surface area contributed by atoms with Gasteiger partial charge in [-0.3, -0.25) is 0 Å². The fourth-order valence-corrected chi connectivity index (χ4v) is 2.88. The number of rotatable bonds is 5. The van der Waals surface area contributed by atoms with Crippen molar-refractivity contribution in [2.45, 2.75) is 12.8 Å². The van der Waals surface area contributed by atoms with Gasteiger partial charge in [-0.25, -0.2) is 0 Å². The molecule has 1 N–H and O–H groups in total. The minimum Gasteiger partial charge on any atom is -0.385 e. The van der Waals surface area contributed by atoms with E-state index in [1.54, 1.807) is 0 Å². The highest BCUT2D eigenvalue weighted by Gasteiger charge is 1.98. The Morgan fingerprint density at radius 1 is 0.810 bits per heavy atom. The van der Waals surface area contributed by atoms with Crippen LogP contribution in [-0.4, -0.2) is 6.54 Å². The van der Waals surface area contributed by atoms with Crippen molar-refractivity contribution in [1.29, 1.82) is 0 Å². The van der Waals surface area contributed by atoms with Crippen molar-refractivity contribution < 1.29 is 0 Å². The van der Waals surface area contributed by atoms with Crippen molar-refractivity contribution in [2.24, 2.45) is 0 Å². The summed E-state index contributed by atoms with van der Waals surface area (Å²) in [4.78, 5) is 0. The van der Waals surface area contributed by atoms with Crippen LogP contribution in [0.25, 0.3) is 10.8 Å². The van der Waals surface area contributed by atoms with E-state index in [0.717, 1.165) is 23.9 Å². The standard InChI is InChI=1S/C19H18BrN/c20-18-10-8-17-14-19(11-9-16(17)13-18)21-12-4-7-15-5-2-1-3-6-15/h1-3,5-6,8-11,13-14,21H,4,7,12H2. The molecule has 1 nitrogen and oxygen atoms in total. The molecule has 0 saturated heterocycles. The largest absolute Gasteiger partial charge is 0.385 e. The monoisotopic (exact) mass is 339 g/mol. The highest BCUT2D eigenvalue weighted by molar-refractivity contribution is 9.10. The van der Waals surface area contributed by atoms with Crippen molar-refractivity contribution in [3.63, 3.8) is 0 Å². The van der Waals surface area contributed by atoms with Gasteiger partial charge in [0.1, 0.15) is 0 Å². The van der Waals surface area contributed by atoms with E-state index in [-0.39, 0.29) is 0 Å². The van der Waals surface area contributed by atoms with Gasteiger partial charge in [0.25, 0.3) is 0 Å². The molecule has 0 atom stereocenters. The number of halogens is 1. The quantitative estimate of drug-likeness (QED) is 0.592. The zero-order valence-electron chi connectivity index (χ0n) is 11.9. The summed E-state index contributed by atoms with van der Waals surface area (Å²) in [7, 11) is 0. The molecule has 0 amide bonds. The Balaban J connectivity index is 1.57. The fraction of sp³-hybridized carbons (Fsp3) is 0.158. The molecule has 0 unspecified atom stereocenters. The summed E-state index contributed by atoms with van der Waals surface area (Å²) >= 11 is 3.51. The molecule has 3 aromatic rings. The maximum atomic E-state index is 3.51. The van der Waals surface area contributed by atoms with E-state index in [1.807, 2.05) is 0 Å². The zero-order chi connectivity index (χ0) is 14.5. The molecule has 0 aliphatic rings. The van der Waals surface area contributed by atoms with E-state index in [0.29, 0.717) is 0 Å². The van der Waals surface area contributed by atoms with Crippen LogP contribution < -0.4 is 5.32 Å². The topological polar surface area (TPSA) is 12.0 Å². The minimum atomic E-state index is 0.997. The van der Waals surface area contributed by atoms with Gasteiger partial charge < -0.3 is 5.32 Å². The SMILES string of the molecule is Brc1ccc2cc(NCCCc3ccccc3)ccc2c1. The smallest absolute Gasteiger partial charge is 0.0346 e. The van der Waals surface area contributed by atoms with Crippen LogP contribution in [0.15, 0.2) is 71.2 Å². The molecule has 0 aromatic heterocycles. The summed E-state index contributed by atoms with van der Waals surface area (Å²) in [5, 5.41) is 6.04. The third kappa shape index (κ3) is 3.85. The molecule has 0 spiro atoms. The molecule has 2 heteroatoms. The van der Waals surface area contributed by atoms with Crippen LogP contribution in [0, 0.1) is 0 Å². The first-order chi connectivity index (χ1) is 10.3. The molecule has 3 aromatic carbocycles. The second-order valence-corrected chi connectivity index (χ2v) is 6.14. The Morgan fingerprint density at radius 3 is 2.43 bits per heavy atom. The van der Waals surface area contributed by atoms with Gasteiger partial charge in [0.05, 0.1) is 0 Å². The lowest BCUT2D eigenvalue weighted by atomic mass is 10.1. The first-order valence-electron chi connectivity index (χ1n) is 7.28. The van der Waals surface area contributed by atoms with Gasteiger partial charge in [0.2, 0.25) is 0 Å². The molecule has 0 radical (unpaired) electrons. The first kappa shape index (κ1) is 14.2. The molecular formula is C19H18BrN. The van der Waals surface area contributed by atoms with E-state index < -0.39 is 0 Å². The lowest BCUT2D eigenvalue weighted by molar-refractivity contribution is 0.863. The minimum absolute atomic E-state index is 0.997. The van der Waals surface area contributed by atoms with Crippen LogP contribution in [0.1, 0.15) is 12.0 Å². The Bertz CT molecular complexity index is 722. The van der Waals surface area contributed by atoms with E-state index in [2.05, 4.69) is 88.0 Å². The fourth-order valence-electron chi connectivity index (χ4n) is 2.50. The lowest BCUT2D eigenvalue weighted by Gasteiger charge is -2.08. The average Bonchev–Trinajstić information content (AvgIpc) is 2.52. The molecule has 0 aliphatic carbocycles. The predicted molar refractivity (Wildman–Crippen MR) is 94.9 cm³/mol. The molecule has 21 heavy (non-hydrogen) atoms. The summed E-state index contributed by atoms with van der Waals surface area (Å²) in [6.07, 6.45) is 2.26. The zero-order valence-corrected chi connectivity index (χ0v) is 13.4. The van der Waals surface area contributed by atoms with Crippen molar-refractivity contribution >= 4 is 32.4 Å². The maximum Gasteiger partial charge on any atom is 0.0346 e. The number of aryl methyl sites for hydroxylation is 1. The summed E-state index contributed by atoms with van der Waals surface area (Å²) in [6, 6.07) is 23.6. The van der Waals surface area contributed by atoms with Gasteiger partial charge in [-0.2, -0.15) is 0 Å². The van der Waals surface area contributed by atoms with Crippen LogP contribution in [0.3, 0.4) is 0 Å². The van der Waals surface area contributed by atoms with Gasteiger partial charge in [0.15, 0.2) is 0 Å². The van der Waals surface area contributed by atoms with Gasteiger partial charge in [-0.1, -0.05) is 58.4 Å². The van der Waals surface area contributed by atoms with Crippen molar-refractivity contribution in [1.82, 2.24) is 0 Å². The second kappa shape index (κ2) is 6.77. The van der Waals surface area contributed by atoms with Gasteiger partial charge >= 0.3 is 0 Å². The number of hydrogen-bond donors (Lipinski definition) is 1. The van der Waals surface area contributed by atoms with Crippen LogP contribution >= 0.6 is 15.9 Å². The Kier molecular flexibility index (Phi) is 4.56. The summed E-state index contributed by atoms with van der Waals surface area (Å²) < 4.78 is 1.12. The number of fused-ring (bicyclic) bond motifs is 1. The number of benzene rings is 3. The summed E-state index contributed by atoms with van der Waals surface area (Å²) in [6.45, 7) is 0.997. The Labute approximate surface area is 134 Å². The maximum absolute atomic E-state index is 3.51. The molecule has 0 bridgehead atoms. The van der Waals surface area contributed by atoms with Crippen molar-refractivity contribution in [2.75, 3.05) is 11.9 Å². The number of anilines is 1. The molecular weight excluding hydrogens is 322 g/mol. The highest BCUT2D eigenvalue weighted by Crippen LogP contribution is 2.23. The summed E-state index contributed by atoms with van der Waals surface area (Å²) in [5.41, 5.74) is 2.60. The van der Waals surface area contributed by atoms with Gasteiger partial charge in [-0.15, -0.1) is 0 Å². The number of hydrogen-bond acceptors (Lipinski definition) is 1. The van der Waals surface area contributed by atoms with Crippen LogP contribution in [0.5, 0.6) is 0 Å². The summed E-state index contributed by atoms with van der Waals surface area (Å²) in [5.74, 6) is 0. The second-order valence-electron chi connectivity index (χ2n) is 5.22. The van der Waals surface area contributed by atoms with Gasteiger partial charge in [-0.05, 0) is 53.4 Å². The number of nitrogens with one attached hydrogen (secondary N) is 1. The van der Waals surface area contributed by atoms with E-state index >= 15 is 0 Å². The van der Waals surface area contributed by atoms with Crippen molar-refractivity contribution in [3.8, 4) is 0 Å². The van der Waals surface area contributed by atoms with Crippen molar-refractivity contribution in [3.05, 3.63) is 76.8 Å². The highest BCUT2D eigenvalue weighted by atomic mass is 79.9. The first-order valence-corrected chi connectivity index (χ1v) is 8.08.